The van der Waals surface area contributed by atoms with Crippen LogP contribution in [0.15, 0.2) is 54.6 Å². The van der Waals surface area contributed by atoms with E-state index in [1.54, 1.807) is 24.3 Å². The number of anilines is 1. The summed E-state index contributed by atoms with van der Waals surface area (Å²) in [5.41, 5.74) is 2.10. The van der Waals surface area contributed by atoms with Gasteiger partial charge in [0.2, 0.25) is 5.91 Å². The van der Waals surface area contributed by atoms with Crippen molar-refractivity contribution in [1.82, 2.24) is 5.32 Å². The summed E-state index contributed by atoms with van der Waals surface area (Å²) in [5.74, 6) is -0.289. The molecule has 2 rings (SSSR count). The van der Waals surface area contributed by atoms with Crippen molar-refractivity contribution in [3.05, 3.63) is 65.7 Å². The van der Waals surface area contributed by atoms with Gasteiger partial charge in [0.05, 0.1) is 5.92 Å². The Hall–Kier alpha value is -2.60. The number of carbonyl (C=O) groups excluding carboxylic acids is 3. The fourth-order valence-corrected chi connectivity index (χ4v) is 3.29. The first kappa shape index (κ1) is 20.7. The standard InChI is InChI=1S/C21H24N2O3S/c1-3-22-20(25)17-10-7-11-19(13-17)23-21(26)18(14-27-15(2)24)12-16-8-5-4-6-9-16/h4-11,13,18H,3,12,14H2,1-2H3,(H,22,25)(H,23,26). The molecule has 0 aliphatic carbocycles. The first-order valence-corrected chi connectivity index (χ1v) is 9.84. The van der Waals surface area contributed by atoms with Crippen molar-refractivity contribution < 1.29 is 14.4 Å². The molecular formula is C21H24N2O3S. The fourth-order valence-electron chi connectivity index (χ4n) is 2.59. The summed E-state index contributed by atoms with van der Waals surface area (Å²) >= 11 is 1.15. The Morgan fingerprint density at radius 1 is 1.04 bits per heavy atom. The average molecular weight is 385 g/mol. The van der Waals surface area contributed by atoms with E-state index in [1.165, 1.54) is 6.92 Å². The monoisotopic (exact) mass is 384 g/mol. The molecule has 0 heterocycles. The Balaban J connectivity index is 2.11. The lowest BCUT2D eigenvalue weighted by Gasteiger charge is -2.16. The summed E-state index contributed by atoms with van der Waals surface area (Å²) in [5, 5.41) is 5.60. The number of carbonyl (C=O) groups is 3. The van der Waals surface area contributed by atoms with E-state index in [4.69, 9.17) is 0 Å². The fraction of sp³-hybridized carbons (Fsp3) is 0.286. The number of thioether (sulfide) groups is 1. The van der Waals surface area contributed by atoms with Crippen LogP contribution in [0.5, 0.6) is 0 Å². The minimum Gasteiger partial charge on any atom is -0.352 e. The molecule has 2 amide bonds. The summed E-state index contributed by atoms with van der Waals surface area (Å²) in [6, 6.07) is 16.6. The second-order valence-electron chi connectivity index (χ2n) is 6.12. The zero-order valence-electron chi connectivity index (χ0n) is 15.5. The molecular weight excluding hydrogens is 360 g/mol. The molecule has 0 radical (unpaired) electrons. The zero-order valence-corrected chi connectivity index (χ0v) is 16.3. The maximum atomic E-state index is 12.8. The molecule has 0 aromatic heterocycles. The lowest BCUT2D eigenvalue weighted by molar-refractivity contribution is -0.119. The second kappa shape index (κ2) is 10.5. The molecule has 0 bridgehead atoms. The SMILES string of the molecule is CCNC(=O)c1cccc(NC(=O)C(CSC(C)=O)Cc2ccccc2)c1. The van der Waals surface area contributed by atoms with Gasteiger partial charge in [0, 0.05) is 30.5 Å². The Labute approximate surface area is 163 Å². The molecule has 1 atom stereocenters. The summed E-state index contributed by atoms with van der Waals surface area (Å²) in [6.07, 6.45) is 0.545. The lowest BCUT2D eigenvalue weighted by Crippen LogP contribution is -2.27. The normalized spacial score (nSPS) is 11.5. The van der Waals surface area contributed by atoms with E-state index in [9.17, 15) is 14.4 Å². The van der Waals surface area contributed by atoms with Gasteiger partial charge in [0.1, 0.15) is 0 Å². The minimum absolute atomic E-state index is 0.0147. The highest BCUT2D eigenvalue weighted by Gasteiger charge is 2.20. The van der Waals surface area contributed by atoms with Gasteiger partial charge in [-0.25, -0.2) is 0 Å². The number of hydrogen-bond donors (Lipinski definition) is 2. The van der Waals surface area contributed by atoms with Gasteiger partial charge >= 0.3 is 0 Å². The molecule has 0 saturated carbocycles. The predicted octanol–water partition coefficient (Wildman–Crippen LogP) is 3.51. The smallest absolute Gasteiger partial charge is 0.251 e. The van der Waals surface area contributed by atoms with Crippen molar-refractivity contribution in [3.63, 3.8) is 0 Å². The predicted molar refractivity (Wildman–Crippen MR) is 110 cm³/mol. The van der Waals surface area contributed by atoms with Gasteiger partial charge in [-0.2, -0.15) is 0 Å². The van der Waals surface area contributed by atoms with Gasteiger partial charge < -0.3 is 10.6 Å². The highest BCUT2D eigenvalue weighted by atomic mass is 32.2. The second-order valence-corrected chi connectivity index (χ2v) is 7.32. The van der Waals surface area contributed by atoms with Crippen LogP contribution in [-0.2, 0) is 16.0 Å². The molecule has 142 valence electrons. The van der Waals surface area contributed by atoms with E-state index in [2.05, 4.69) is 10.6 Å². The number of rotatable bonds is 8. The zero-order chi connectivity index (χ0) is 19.6. The molecule has 0 saturated heterocycles. The Morgan fingerprint density at radius 2 is 1.78 bits per heavy atom. The Morgan fingerprint density at radius 3 is 2.44 bits per heavy atom. The van der Waals surface area contributed by atoms with Gasteiger partial charge in [-0.05, 0) is 37.1 Å². The van der Waals surface area contributed by atoms with Crippen molar-refractivity contribution in [2.45, 2.75) is 20.3 Å². The minimum atomic E-state index is -0.352. The number of nitrogens with one attached hydrogen (secondary N) is 2. The van der Waals surface area contributed by atoms with Crippen LogP contribution in [0.4, 0.5) is 5.69 Å². The molecule has 5 nitrogen and oxygen atoms in total. The highest BCUT2D eigenvalue weighted by Crippen LogP contribution is 2.19. The molecule has 2 aromatic carbocycles. The molecule has 0 spiro atoms. The van der Waals surface area contributed by atoms with Crippen LogP contribution < -0.4 is 10.6 Å². The molecule has 27 heavy (non-hydrogen) atoms. The van der Waals surface area contributed by atoms with Gasteiger partial charge in [-0.3, -0.25) is 14.4 Å². The van der Waals surface area contributed by atoms with Gasteiger partial charge in [0.15, 0.2) is 5.12 Å². The lowest BCUT2D eigenvalue weighted by atomic mass is 10.00. The van der Waals surface area contributed by atoms with Crippen LogP contribution in [0.3, 0.4) is 0 Å². The third-order valence-electron chi connectivity index (χ3n) is 3.91. The van der Waals surface area contributed by atoms with Gasteiger partial charge in [-0.15, -0.1) is 0 Å². The van der Waals surface area contributed by atoms with E-state index < -0.39 is 0 Å². The number of amides is 2. The Kier molecular flexibility index (Phi) is 8.07. The topological polar surface area (TPSA) is 75.3 Å². The van der Waals surface area contributed by atoms with E-state index in [1.807, 2.05) is 37.3 Å². The van der Waals surface area contributed by atoms with Crippen LogP contribution in [0, 0.1) is 5.92 Å². The molecule has 1 unspecified atom stereocenters. The van der Waals surface area contributed by atoms with E-state index in [0.717, 1.165) is 17.3 Å². The average Bonchev–Trinajstić information content (AvgIpc) is 2.66. The summed E-state index contributed by atoms with van der Waals surface area (Å²) in [7, 11) is 0. The van der Waals surface area contributed by atoms with Crippen LogP contribution >= 0.6 is 11.8 Å². The maximum Gasteiger partial charge on any atom is 0.251 e. The van der Waals surface area contributed by atoms with Crippen LogP contribution in [0.25, 0.3) is 0 Å². The number of benzene rings is 2. The molecule has 0 aliphatic heterocycles. The molecule has 0 fully saturated rings. The van der Waals surface area contributed by atoms with E-state index in [-0.39, 0.29) is 22.8 Å². The third kappa shape index (κ3) is 6.90. The van der Waals surface area contributed by atoms with Crippen molar-refractivity contribution in [3.8, 4) is 0 Å². The highest BCUT2D eigenvalue weighted by molar-refractivity contribution is 8.13. The number of hydrogen-bond acceptors (Lipinski definition) is 4. The van der Waals surface area contributed by atoms with Crippen molar-refractivity contribution in [1.29, 1.82) is 0 Å². The van der Waals surface area contributed by atoms with Gasteiger partial charge in [-0.1, -0.05) is 48.2 Å². The van der Waals surface area contributed by atoms with Crippen LogP contribution in [0.1, 0.15) is 29.8 Å². The molecule has 2 N–H and O–H groups in total. The van der Waals surface area contributed by atoms with E-state index >= 15 is 0 Å². The maximum absolute atomic E-state index is 12.8. The summed E-state index contributed by atoms with van der Waals surface area (Å²) in [6.45, 7) is 3.89. The Bertz CT molecular complexity index is 793. The van der Waals surface area contributed by atoms with Crippen molar-refractivity contribution in [2.75, 3.05) is 17.6 Å². The quantitative estimate of drug-likeness (QED) is 0.730. The summed E-state index contributed by atoms with van der Waals surface area (Å²) in [4.78, 5) is 36.1. The molecule has 2 aromatic rings. The van der Waals surface area contributed by atoms with Crippen molar-refractivity contribution >= 4 is 34.4 Å². The van der Waals surface area contributed by atoms with Crippen molar-refractivity contribution in [2.24, 2.45) is 5.92 Å². The third-order valence-corrected chi connectivity index (χ3v) is 4.89. The van der Waals surface area contributed by atoms with Crippen LogP contribution in [0.2, 0.25) is 0 Å². The molecule has 0 aliphatic rings. The molecule has 6 heteroatoms. The first-order valence-electron chi connectivity index (χ1n) is 8.86. The van der Waals surface area contributed by atoms with Crippen LogP contribution in [-0.4, -0.2) is 29.2 Å². The first-order chi connectivity index (χ1) is 13.0. The summed E-state index contributed by atoms with van der Waals surface area (Å²) < 4.78 is 0. The van der Waals surface area contributed by atoms with E-state index in [0.29, 0.717) is 30.0 Å². The van der Waals surface area contributed by atoms with Gasteiger partial charge in [0.25, 0.3) is 5.91 Å². The largest absolute Gasteiger partial charge is 0.352 e.